The van der Waals surface area contributed by atoms with Crippen molar-refractivity contribution in [1.29, 1.82) is 0 Å². The van der Waals surface area contributed by atoms with Crippen molar-refractivity contribution in [1.82, 2.24) is 5.32 Å². The van der Waals surface area contributed by atoms with Gasteiger partial charge in [0.15, 0.2) is 0 Å². The second kappa shape index (κ2) is 5.67. The highest BCUT2D eigenvalue weighted by Gasteiger charge is 2.31. The Kier molecular flexibility index (Phi) is 4.78. The fourth-order valence-corrected chi connectivity index (χ4v) is 2.36. The van der Waals surface area contributed by atoms with Gasteiger partial charge in [0.1, 0.15) is 0 Å². The van der Waals surface area contributed by atoms with E-state index in [1.54, 1.807) is 0 Å². The molecule has 3 nitrogen and oxygen atoms in total. The quantitative estimate of drug-likeness (QED) is 0.769. The lowest BCUT2D eigenvalue weighted by atomic mass is 9.91. The summed E-state index contributed by atoms with van der Waals surface area (Å²) in [5.74, 6) is 0.803. The first-order valence-electron chi connectivity index (χ1n) is 6.42. The highest BCUT2D eigenvalue weighted by Crippen LogP contribution is 2.31. The first-order chi connectivity index (χ1) is 7.44. The van der Waals surface area contributed by atoms with Gasteiger partial charge in [-0.05, 0) is 37.1 Å². The Bertz CT molecular complexity index is 233. The topological polar surface area (TPSA) is 55.1 Å². The first kappa shape index (κ1) is 13.5. The van der Waals surface area contributed by atoms with E-state index >= 15 is 0 Å². The fourth-order valence-electron chi connectivity index (χ4n) is 2.36. The van der Waals surface area contributed by atoms with Gasteiger partial charge in [-0.1, -0.05) is 27.2 Å². The molecule has 2 atom stereocenters. The summed E-state index contributed by atoms with van der Waals surface area (Å²) in [5.41, 5.74) is 5.97. The molecule has 0 aromatic heterocycles. The van der Waals surface area contributed by atoms with Crippen molar-refractivity contribution in [3.05, 3.63) is 0 Å². The largest absolute Gasteiger partial charge is 0.356 e. The van der Waals surface area contributed by atoms with E-state index < -0.39 is 0 Å². The van der Waals surface area contributed by atoms with Crippen LogP contribution < -0.4 is 11.1 Å². The van der Waals surface area contributed by atoms with Gasteiger partial charge in [-0.3, -0.25) is 4.79 Å². The Morgan fingerprint density at radius 3 is 2.62 bits per heavy atom. The van der Waals surface area contributed by atoms with E-state index in [2.05, 4.69) is 26.1 Å². The third-order valence-corrected chi connectivity index (χ3v) is 3.47. The maximum atomic E-state index is 11.9. The number of nitrogens with two attached hydrogens (primary N) is 1. The van der Waals surface area contributed by atoms with Gasteiger partial charge >= 0.3 is 0 Å². The van der Waals surface area contributed by atoms with E-state index in [0.29, 0.717) is 12.5 Å². The van der Waals surface area contributed by atoms with Gasteiger partial charge in [0.2, 0.25) is 5.91 Å². The molecule has 0 spiro atoms. The molecule has 0 bridgehead atoms. The molecule has 0 saturated heterocycles. The van der Waals surface area contributed by atoms with Crippen LogP contribution in [0.5, 0.6) is 0 Å². The molecule has 1 aliphatic rings. The summed E-state index contributed by atoms with van der Waals surface area (Å²) in [5, 5.41) is 3.05. The van der Waals surface area contributed by atoms with Crippen molar-refractivity contribution >= 4 is 5.91 Å². The van der Waals surface area contributed by atoms with Crippen molar-refractivity contribution < 1.29 is 4.79 Å². The average Bonchev–Trinajstić information content (AvgIpc) is 2.63. The number of carbonyl (C=O) groups excluding carboxylic acids is 1. The summed E-state index contributed by atoms with van der Waals surface area (Å²) in [6.45, 7) is 8.01. The Labute approximate surface area is 99.2 Å². The van der Waals surface area contributed by atoms with E-state index in [9.17, 15) is 4.79 Å². The zero-order valence-electron chi connectivity index (χ0n) is 10.9. The number of hydrogen-bond donors (Lipinski definition) is 2. The van der Waals surface area contributed by atoms with E-state index in [-0.39, 0.29) is 17.2 Å². The Balaban J connectivity index is 2.29. The van der Waals surface area contributed by atoms with Crippen LogP contribution in [0.2, 0.25) is 0 Å². The number of rotatable bonds is 4. The van der Waals surface area contributed by atoms with Crippen LogP contribution >= 0.6 is 0 Å². The van der Waals surface area contributed by atoms with E-state index in [0.717, 1.165) is 32.2 Å². The molecule has 1 aliphatic carbocycles. The second-order valence-electron chi connectivity index (χ2n) is 6.13. The molecule has 3 N–H and O–H groups in total. The number of carbonyl (C=O) groups is 1. The summed E-state index contributed by atoms with van der Waals surface area (Å²) in [6.07, 6.45) is 4.31. The molecule has 94 valence electrons. The van der Waals surface area contributed by atoms with Crippen molar-refractivity contribution in [3.63, 3.8) is 0 Å². The van der Waals surface area contributed by atoms with Crippen LogP contribution in [0.4, 0.5) is 0 Å². The minimum atomic E-state index is 0.171. The normalized spacial score (nSPS) is 25.8. The summed E-state index contributed by atoms with van der Waals surface area (Å²) in [7, 11) is 0. The lowest BCUT2D eigenvalue weighted by molar-refractivity contribution is -0.126. The van der Waals surface area contributed by atoms with Crippen LogP contribution in [0.1, 0.15) is 46.5 Å². The monoisotopic (exact) mass is 226 g/mol. The molecule has 0 aliphatic heterocycles. The molecule has 3 heteroatoms. The van der Waals surface area contributed by atoms with Gasteiger partial charge in [0.05, 0.1) is 0 Å². The molecule has 0 aromatic carbocycles. The third kappa shape index (κ3) is 4.12. The number of hydrogen-bond acceptors (Lipinski definition) is 2. The van der Waals surface area contributed by atoms with Crippen molar-refractivity contribution in [3.8, 4) is 0 Å². The molecule has 0 radical (unpaired) electrons. The molecule has 1 rings (SSSR count). The minimum Gasteiger partial charge on any atom is -0.356 e. The van der Waals surface area contributed by atoms with Crippen molar-refractivity contribution in [2.24, 2.45) is 23.0 Å². The predicted octanol–water partition coefficient (Wildman–Crippen LogP) is 1.91. The Morgan fingerprint density at radius 1 is 1.38 bits per heavy atom. The van der Waals surface area contributed by atoms with Crippen LogP contribution in [-0.2, 0) is 4.79 Å². The molecule has 0 aromatic rings. The van der Waals surface area contributed by atoms with E-state index in [1.165, 1.54) is 0 Å². The molecule has 16 heavy (non-hydrogen) atoms. The maximum absolute atomic E-state index is 11.9. The van der Waals surface area contributed by atoms with Crippen molar-refractivity contribution in [2.75, 3.05) is 13.1 Å². The fraction of sp³-hybridized carbons (Fsp3) is 0.923. The van der Waals surface area contributed by atoms with Crippen LogP contribution in [-0.4, -0.2) is 19.0 Å². The van der Waals surface area contributed by atoms with Crippen LogP contribution in [0, 0.1) is 17.3 Å². The maximum Gasteiger partial charge on any atom is 0.223 e. The SMILES string of the molecule is CC(C)(C)CCNC(=O)C1CCCC1CN. The molecule has 2 unspecified atom stereocenters. The lowest BCUT2D eigenvalue weighted by Crippen LogP contribution is -2.36. The first-order valence-corrected chi connectivity index (χ1v) is 6.42. The minimum absolute atomic E-state index is 0.171. The van der Waals surface area contributed by atoms with Gasteiger partial charge in [-0.2, -0.15) is 0 Å². The summed E-state index contributed by atoms with van der Waals surface area (Å²) in [6, 6.07) is 0. The molecule has 1 fully saturated rings. The molecule has 1 amide bonds. The lowest BCUT2D eigenvalue weighted by Gasteiger charge is -2.21. The van der Waals surface area contributed by atoms with Crippen LogP contribution in [0.3, 0.4) is 0 Å². The van der Waals surface area contributed by atoms with Crippen molar-refractivity contribution in [2.45, 2.75) is 46.5 Å². The van der Waals surface area contributed by atoms with Gasteiger partial charge in [-0.15, -0.1) is 0 Å². The predicted molar refractivity (Wildman–Crippen MR) is 67.0 cm³/mol. The Hall–Kier alpha value is -0.570. The molecular weight excluding hydrogens is 200 g/mol. The van der Waals surface area contributed by atoms with Crippen LogP contribution in [0.25, 0.3) is 0 Å². The summed E-state index contributed by atoms with van der Waals surface area (Å²) in [4.78, 5) is 11.9. The van der Waals surface area contributed by atoms with E-state index in [1.807, 2.05) is 0 Å². The molecular formula is C13H26N2O. The standard InChI is InChI=1S/C13H26N2O/c1-13(2,3)7-8-15-12(16)11-6-4-5-10(11)9-14/h10-11H,4-9,14H2,1-3H3,(H,15,16). The average molecular weight is 226 g/mol. The smallest absolute Gasteiger partial charge is 0.223 e. The highest BCUT2D eigenvalue weighted by atomic mass is 16.1. The highest BCUT2D eigenvalue weighted by molar-refractivity contribution is 5.79. The van der Waals surface area contributed by atoms with Gasteiger partial charge < -0.3 is 11.1 Å². The zero-order valence-corrected chi connectivity index (χ0v) is 10.9. The molecule has 0 heterocycles. The van der Waals surface area contributed by atoms with Crippen LogP contribution in [0.15, 0.2) is 0 Å². The van der Waals surface area contributed by atoms with Gasteiger partial charge in [0, 0.05) is 12.5 Å². The second-order valence-corrected chi connectivity index (χ2v) is 6.13. The number of amides is 1. The Morgan fingerprint density at radius 2 is 2.06 bits per heavy atom. The third-order valence-electron chi connectivity index (χ3n) is 3.47. The van der Waals surface area contributed by atoms with Gasteiger partial charge in [-0.25, -0.2) is 0 Å². The number of nitrogens with one attached hydrogen (secondary N) is 1. The van der Waals surface area contributed by atoms with E-state index in [4.69, 9.17) is 5.73 Å². The zero-order chi connectivity index (χ0) is 12.2. The molecule has 1 saturated carbocycles. The van der Waals surface area contributed by atoms with Gasteiger partial charge in [0.25, 0.3) is 0 Å². The summed E-state index contributed by atoms with van der Waals surface area (Å²) >= 11 is 0. The summed E-state index contributed by atoms with van der Waals surface area (Å²) < 4.78 is 0.